The van der Waals surface area contributed by atoms with Crippen molar-refractivity contribution in [3.05, 3.63) is 29.3 Å². The van der Waals surface area contributed by atoms with Crippen LogP contribution in [0.15, 0.2) is 18.2 Å². The molecule has 3 amide bonds. The first-order valence-electron chi connectivity index (χ1n) is 11.8. The zero-order valence-electron chi connectivity index (χ0n) is 18.4. The van der Waals surface area contributed by atoms with Gasteiger partial charge < -0.3 is 19.3 Å². The minimum absolute atomic E-state index is 0.0247. The third-order valence-electron chi connectivity index (χ3n) is 7.14. The fraction of sp³-hybridized carbons (Fsp3) is 0.625. The van der Waals surface area contributed by atoms with Gasteiger partial charge in [-0.15, -0.1) is 0 Å². The van der Waals surface area contributed by atoms with E-state index in [-0.39, 0.29) is 30.4 Å². The van der Waals surface area contributed by atoms with Gasteiger partial charge in [-0.2, -0.15) is 0 Å². The Bertz CT molecular complexity index is 890. The predicted molar refractivity (Wildman–Crippen MR) is 117 cm³/mol. The van der Waals surface area contributed by atoms with E-state index in [4.69, 9.17) is 9.47 Å². The van der Waals surface area contributed by atoms with Gasteiger partial charge in [-0.05, 0) is 68.2 Å². The number of nitrogens with zero attached hydrogens (tertiary/aromatic N) is 2. The maximum atomic E-state index is 12.9. The fourth-order valence-electron chi connectivity index (χ4n) is 5.20. The smallest absolute Gasteiger partial charge is 0.255 e. The van der Waals surface area contributed by atoms with Gasteiger partial charge in [-0.25, -0.2) is 0 Å². The second-order valence-corrected chi connectivity index (χ2v) is 9.30. The number of carbonyl (C=O) groups is 3. The average molecular weight is 442 g/mol. The van der Waals surface area contributed by atoms with E-state index in [1.165, 1.54) is 6.42 Å². The standard InChI is InChI=1S/C24H31N3O5/c28-21-7-6-20(23(29)25-21)27-14-17-13-18(4-5-19(17)24(27)30)26-10-8-16(9-11-26)15-32-22-3-1-2-12-31-22/h4-5,13,16,20,22H,1-3,6-12,14-15H2,(H,25,28,29). The number of hydrogen-bond donors (Lipinski definition) is 1. The maximum Gasteiger partial charge on any atom is 0.255 e. The highest BCUT2D eigenvalue weighted by molar-refractivity contribution is 6.05. The van der Waals surface area contributed by atoms with Gasteiger partial charge in [0.25, 0.3) is 5.91 Å². The summed E-state index contributed by atoms with van der Waals surface area (Å²) in [4.78, 5) is 40.5. The maximum absolute atomic E-state index is 12.9. The first kappa shape index (κ1) is 21.4. The van der Waals surface area contributed by atoms with Crippen LogP contribution in [-0.4, -0.2) is 61.3 Å². The molecule has 0 bridgehead atoms. The molecule has 8 heteroatoms. The van der Waals surface area contributed by atoms with Gasteiger partial charge in [-0.1, -0.05) is 0 Å². The van der Waals surface area contributed by atoms with E-state index in [0.29, 0.717) is 24.4 Å². The number of benzene rings is 1. The number of amides is 3. The van der Waals surface area contributed by atoms with E-state index in [2.05, 4.69) is 16.3 Å². The van der Waals surface area contributed by atoms with Crippen LogP contribution in [0.25, 0.3) is 0 Å². The van der Waals surface area contributed by atoms with Gasteiger partial charge in [-0.3, -0.25) is 19.7 Å². The van der Waals surface area contributed by atoms with Gasteiger partial charge in [0, 0.05) is 43.9 Å². The third kappa shape index (κ3) is 4.38. The van der Waals surface area contributed by atoms with Crippen LogP contribution < -0.4 is 10.2 Å². The molecule has 0 saturated carbocycles. The molecule has 172 valence electrons. The van der Waals surface area contributed by atoms with Crippen molar-refractivity contribution in [3.63, 3.8) is 0 Å². The fourth-order valence-corrected chi connectivity index (χ4v) is 5.20. The molecule has 2 unspecified atom stereocenters. The van der Waals surface area contributed by atoms with Crippen molar-refractivity contribution in [2.45, 2.75) is 63.8 Å². The van der Waals surface area contributed by atoms with Crippen LogP contribution in [0.3, 0.4) is 0 Å². The number of carbonyl (C=O) groups excluding carboxylic acids is 3. The molecule has 5 rings (SSSR count). The molecular formula is C24H31N3O5. The third-order valence-corrected chi connectivity index (χ3v) is 7.14. The van der Waals surface area contributed by atoms with E-state index >= 15 is 0 Å². The summed E-state index contributed by atoms with van der Waals surface area (Å²) in [5.74, 6) is -0.207. The molecule has 4 aliphatic rings. The van der Waals surface area contributed by atoms with Crippen LogP contribution in [0.2, 0.25) is 0 Å². The van der Waals surface area contributed by atoms with E-state index in [0.717, 1.165) is 63.2 Å². The van der Waals surface area contributed by atoms with Gasteiger partial charge in [0.05, 0.1) is 6.61 Å². The van der Waals surface area contributed by atoms with Gasteiger partial charge >= 0.3 is 0 Å². The molecule has 1 N–H and O–H groups in total. The topological polar surface area (TPSA) is 88.2 Å². The number of fused-ring (bicyclic) bond motifs is 1. The Kier molecular flexibility index (Phi) is 6.15. The molecule has 2 atom stereocenters. The van der Waals surface area contributed by atoms with Crippen LogP contribution >= 0.6 is 0 Å². The second kappa shape index (κ2) is 9.19. The molecule has 1 aromatic rings. The number of rotatable bonds is 5. The molecule has 32 heavy (non-hydrogen) atoms. The lowest BCUT2D eigenvalue weighted by molar-refractivity contribution is -0.169. The van der Waals surface area contributed by atoms with Crippen molar-refractivity contribution < 1.29 is 23.9 Å². The summed E-state index contributed by atoms with van der Waals surface area (Å²) in [6, 6.07) is 5.41. The molecule has 3 fully saturated rings. The Morgan fingerprint density at radius 1 is 1.06 bits per heavy atom. The van der Waals surface area contributed by atoms with Crippen molar-refractivity contribution in [1.29, 1.82) is 0 Å². The van der Waals surface area contributed by atoms with E-state index < -0.39 is 6.04 Å². The van der Waals surface area contributed by atoms with Crippen molar-refractivity contribution in [2.24, 2.45) is 5.92 Å². The molecule has 0 radical (unpaired) electrons. The molecule has 4 heterocycles. The Morgan fingerprint density at radius 2 is 1.91 bits per heavy atom. The SMILES string of the molecule is O=C1CCC(N2Cc3cc(N4CCC(COC5CCCCO5)CC4)ccc3C2=O)C(=O)N1. The van der Waals surface area contributed by atoms with Gasteiger partial charge in [0.15, 0.2) is 6.29 Å². The highest BCUT2D eigenvalue weighted by Crippen LogP contribution is 2.32. The number of imide groups is 1. The lowest BCUT2D eigenvalue weighted by atomic mass is 9.97. The molecule has 3 saturated heterocycles. The van der Waals surface area contributed by atoms with E-state index in [1.54, 1.807) is 4.90 Å². The normalized spacial score (nSPS) is 26.9. The highest BCUT2D eigenvalue weighted by Gasteiger charge is 2.39. The van der Waals surface area contributed by atoms with Gasteiger partial charge in [0.2, 0.25) is 11.8 Å². The summed E-state index contributed by atoms with van der Waals surface area (Å²) in [6.45, 7) is 3.91. The minimum Gasteiger partial charge on any atom is -0.372 e. The molecule has 8 nitrogen and oxygen atoms in total. The lowest BCUT2D eigenvalue weighted by Gasteiger charge is -2.34. The number of hydrogen-bond acceptors (Lipinski definition) is 6. The van der Waals surface area contributed by atoms with Crippen LogP contribution in [0.1, 0.15) is 60.9 Å². The second-order valence-electron chi connectivity index (χ2n) is 9.30. The molecule has 0 aliphatic carbocycles. The number of piperidine rings is 2. The summed E-state index contributed by atoms with van der Waals surface area (Å²) < 4.78 is 11.7. The van der Waals surface area contributed by atoms with Crippen LogP contribution in [0.4, 0.5) is 5.69 Å². The number of nitrogens with one attached hydrogen (secondary N) is 1. The van der Waals surface area contributed by atoms with Crippen molar-refractivity contribution in [2.75, 3.05) is 31.2 Å². The van der Waals surface area contributed by atoms with Crippen LogP contribution in [-0.2, 0) is 25.6 Å². The molecule has 0 aromatic heterocycles. The summed E-state index contributed by atoms with van der Waals surface area (Å²) in [6.07, 6.45) is 6.11. The molecular weight excluding hydrogens is 410 g/mol. The predicted octanol–water partition coefficient (Wildman–Crippen LogP) is 2.21. The zero-order chi connectivity index (χ0) is 22.1. The van der Waals surface area contributed by atoms with Crippen LogP contribution in [0, 0.1) is 5.92 Å². The zero-order valence-corrected chi connectivity index (χ0v) is 18.4. The Morgan fingerprint density at radius 3 is 2.66 bits per heavy atom. The first-order valence-corrected chi connectivity index (χ1v) is 11.8. The van der Waals surface area contributed by atoms with Crippen molar-refractivity contribution >= 4 is 23.4 Å². The Balaban J connectivity index is 1.17. The lowest BCUT2D eigenvalue weighted by Crippen LogP contribution is -2.52. The monoisotopic (exact) mass is 441 g/mol. The minimum atomic E-state index is -0.570. The van der Waals surface area contributed by atoms with E-state index in [1.807, 2.05) is 12.1 Å². The quantitative estimate of drug-likeness (QED) is 0.705. The summed E-state index contributed by atoms with van der Waals surface area (Å²) in [5, 5.41) is 2.35. The highest BCUT2D eigenvalue weighted by atomic mass is 16.7. The number of anilines is 1. The van der Waals surface area contributed by atoms with Crippen LogP contribution in [0.5, 0.6) is 0 Å². The Labute approximate surface area is 188 Å². The Hall–Kier alpha value is -2.45. The van der Waals surface area contributed by atoms with Crippen molar-refractivity contribution in [3.8, 4) is 0 Å². The number of ether oxygens (including phenoxy) is 2. The largest absolute Gasteiger partial charge is 0.372 e. The first-order chi connectivity index (χ1) is 15.6. The summed E-state index contributed by atoms with van der Waals surface area (Å²) in [7, 11) is 0. The summed E-state index contributed by atoms with van der Waals surface area (Å²) >= 11 is 0. The van der Waals surface area contributed by atoms with Crippen molar-refractivity contribution in [1.82, 2.24) is 10.2 Å². The molecule has 1 aromatic carbocycles. The van der Waals surface area contributed by atoms with E-state index in [9.17, 15) is 14.4 Å². The molecule has 0 spiro atoms. The summed E-state index contributed by atoms with van der Waals surface area (Å²) in [5.41, 5.74) is 2.74. The van der Waals surface area contributed by atoms with Gasteiger partial charge in [0.1, 0.15) is 6.04 Å². The average Bonchev–Trinajstić information content (AvgIpc) is 3.14. The molecule has 4 aliphatic heterocycles.